The van der Waals surface area contributed by atoms with Crippen molar-refractivity contribution in [1.29, 1.82) is 0 Å². The number of carbonyl (C=O) groups is 2. The summed E-state index contributed by atoms with van der Waals surface area (Å²) < 4.78 is 5.30. The van der Waals surface area contributed by atoms with Gasteiger partial charge in [-0.1, -0.05) is 30.3 Å². The first-order valence-electron chi connectivity index (χ1n) is 10.3. The number of aromatic amines is 1. The quantitative estimate of drug-likeness (QED) is 0.219. The van der Waals surface area contributed by atoms with Gasteiger partial charge in [0.2, 0.25) is 0 Å². The number of nitrogens with two attached hydrogens (primary N) is 2. The van der Waals surface area contributed by atoms with E-state index >= 15 is 0 Å². The zero-order valence-electron chi connectivity index (χ0n) is 17.3. The largest absolute Gasteiger partial charge is 0.379 e. The number of amides is 2. The van der Waals surface area contributed by atoms with Crippen molar-refractivity contribution in [3.8, 4) is 11.3 Å². The summed E-state index contributed by atoms with van der Waals surface area (Å²) in [7, 11) is 0. The van der Waals surface area contributed by atoms with Crippen molar-refractivity contribution in [2.24, 2.45) is 16.5 Å². The molecule has 2 amide bonds. The number of hydrazine groups is 1. The van der Waals surface area contributed by atoms with E-state index < -0.39 is 6.04 Å². The van der Waals surface area contributed by atoms with Gasteiger partial charge in [-0.2, -0.15) is 0 Å². The van der Waals surface area contributed by atoms with Crippen molar-refractivity contribution in [2.75, 3.05) is 32.8 Å². The van der Waals surface area contributed by atoms with Gasteiger partial charge in [0.1, 0.15) is 11.7 Å². The fourth-order valence-corrected chi connectivity index (χ4v) is 3.23. The number of H-pyrrole nitrogens is 1. The molecule has 7 N–H and O–H groups in total. The van der Waals surface area contributed by atoms with Gasteiger partial charge >= 0.3 is 0 Å². The van der Waals surface area contributed by atoms with Crippen molar-refractivity contribution in [2.45, 2.75) is 18.9 Å². The van der Waals surface area contributed by atoms with Crippen molar-refractivity contribution >= 4 is 17.8 Å². The molecule has 0 radical (unpaired) electrons. The Labute approximate surface area is 181 Å². The second kappa shape index (κ2) is 11.1. The number of hydrogen-bond donors (Lipinski definition) is 5. The molecule has 10 heteroatoms. The maximum atomic E-state index is 12.8. The molecule has 1 aromatic heterocycles. The molecule has 2 aromatic rings. The van der Waals surface area contributed by atoms with Gasteiger partial charge < -0.3 is 26.5 Å². The van der Waals surface area contributed by atoms with E-state index in [1.165, 1.54) is 0 Å². The van der Waals surface area contributed by atoms with Crippen LogP contribution in [0.15, 0.2) is 47.5 Å². The number of guanidine groups is 1. The van der Waals surface area contributed by atoms with Crippen LogP contribution >= 0.6 is 0 Å². The maximum absolute atomic E-state index is 12.8. The first-order chi connectivity index (χ1) is 15.0. The molecule has 166 valence electrons. The molecule has 0 spiro atoms. The molecule has 3 rings (SSSR count). The van der Waals surface area contributed by atoms with Gasteiger partial charge in [0.25, 0.3) is 11.8 Å². The molecule has 1 saturated heterocycles. The topological polar surface area (TPSA) is 151 Å². The highest BCUT2D eigenvalue weighted by molar-refractivity contribution is 5.96. The molecule has 2 heterocycles. The highest BCUT2D eigenvalue weighted by Gasteiger charge is 2.24. The first kappa shape index (κ1) is 22.3. The number of rotatable bonds is 9. The monoisotopic (exact) mass is 427 g/mol. The van der Waals surface area contributed by atoms with Gasteiger partial charge in [0, 0.05) is 25.3 Å². The lowest BCUT2D eigenvalue weighted by Crippen LogP contribution is -2.55. The van der Waals surface area contributed by atoms with Crippen LogP contribution in [-0.2, 0) is 9.53 Å². The van der Waals surface area contributed by atoms with Gasteiger partial charge in [0.15, 0.2) is 5.96 Å². The summed E-state index contributed by atoms with van der Waals surface area (Å²) in [6.45, 7) is 2.66. The van der Waals surface area contributed by atoms with Crippen LogP contribution in [-0.4, -0.2) is 66.7 Å². The molecule has 1 fully saturated rings. The number of nitrogens with one attached hydrogen (secondary N) is 3. The van der Waals surface area contributed by atoms with Crippen LogP contribution in [0.5, 0.6) is 0 Å². The zero-order valence-corrected chi connectivity index (χ0v) is 17.3. The van der Waals surface area contributed by atoms with Crippen LogP contribution < -0.4 is 22.2 Å². The van der Waals surface area contributed by atoms with E-state index in [2.05, 4.69) is 20.7 Å². The van der Waals surface area contributed by atoms with Crippen LogP contribution in [0, 0.1) is 0 Å². The minimum Gasteiger partial charge on any atom is -0.379 e. The Morgan fingerprint density at radius 1 is 1.13 bits per heavy atom. The molecule has 10 nitrogen and oxygen atoms in total. The SMILES string of the molecule is NC(N)=NCCCC(NC(=O)c1ccc(-c2ccccc2)[nH]1)C(=O)NN1CCOCC1. The van der Waals surface area contributed by atoms with Crippen molar-refractivity contribution in [3.63, 3.8) is 0 Å². The van der Waals surface area contributed by atoms with E-state index in [1.54, 1.807) is 11.1 Å². The Balaban J connectivity index is 1.64. The normalized spacial score (nSPS) is 15.1. The number of morpholine rings is 1. The first-order valence-corrected chi connectivity index (χ1v) is 10.3. The number of benzene rings is 1. The zero-order chi connectivity index (χ0) is 22.1. The molecule has 0 saturated carbocycles. The molecular weight excluding hydrogens is 398 g/mol. The van der Waals surface area contributed by atoms with E-state index in [4.69, 9.17) is 16.2 Å². The molecular formula is C21H29N7O3. The summed E-state index contributed by atoms with van der Waals surface area (Å²) in [5.41, 5.74) is 15.8. The van der Waals surface area contributed by atoms with E-state index in [-0.39, 0.29) is 17.8 Å². The Kier molecular flexibility index (Phi) is 8.02. The summed E-state index contributed by atoms with van der Waals surface area (Å²) in [4.78, 5) is 32.7. The Morgan fingerprint density at radius 2 is 1.87 bits per heavy atom. The molecule has 1 unspecified atom stereocenters. The third kappa shape index (κ3) is 6.83. The smallest absolute Gasteiger partial charge is 0.268 e. The van der Waals surface area contributed by atoms with Gasteiger partial charge in [-0.05, 0) is 30.5 Å². The highest BCUT2D eigenvalue weighted by Crippen LogP contribution is 2.18. The number of ether oxygens (including phenoxy) is 1. The number of nitrogens with zero attached hydrogens (tertiary/aromatic N) is 2. The summed E-state index contributed by atoms with van der Waals surface area (Å²) >= 11 is 0. The van der Waals surface area contributed by atoms with E-state index in [1.807, 2.05) is 36.4 Å². The fourth-order valence-electron chi connectivity index (χ4n) is 3.23. The summed E-state index contributed by atoms with van der Waals surface area (Å²) in [5.74, 6) is -0.640. The van der Waals surface area contributed by atoms with Crippen LogP contribution in [0.25, 0.3) is 11.3 Å². The van der Waals surface area contributed by atoms with Crippen LogP contribution in [0.2, 0.25) is 0 Å². The second-order valence-electron chi connectivity index (χ2n) is 7.20. The van der Waals surface area contributed by atoms with Crippen LogP contribution in [0.3, 0.4) is 0 Å². The van der Waals surface area contributed by atoms with Gasteiger partial charge in [-0.15, -0.1) is 0 Å². The Hall–Kier alpha value is -3.37. The molecule has 1 atom stereocenters. The Bertz CT molecular complexity index is 887. The lowest BCUT2D eigenvalue weighted by Gasteiger charge is -2.29. The predicted molar refractivity (Wildman–Crippen MR) is 118 cm³/mol. The second-order valence-corrected chi connectivity index (χ2v) is 7.20. The molecule has 1 aliphatic rings. The number of aromatic nitrogens is 1. The molecule has 1 aromatic carbocycles. The molecule has 31 heavy (non-hydrogen) atoms. The average Bonchev–Trinajstić information content (AvgIpc) is 3.27. The summed E-state index contributed by atoms with van der Waals surface area (Å²) in [5, 5.41) is 4.62. The summed E-state index contributed by atoms with van der Waals surface area (Å²) in [6.07, 6.45) is 0.935. The minimum atomic E-state index is -0.729. The predicted octanol–water partition coefficient (Wildman–Crippen LogP) is 0.197. The van der Waals surface area contributed by atoms with Gasteiger partial charge in [-0.3, -0.25) is 20.0 Å². The number of hydrogen-bond acceptors (Lipinski definition) is 5. The van der Waals surface area contributed by atoms with Crippen LogP contribution in [0.1, 0.15) is 23.3 Å². The lowest BCUT2D eigenvalue weighted by molar-refractivity contribution is -0.130. The Morgan fingerprint density at radius 3 is 2.58 bits per heavy atom. The standard InChI is InChI=1S/C21H29N7O3/c22-21(23)24-10-4-7-17(20(30)27-28-11-13-31-14-12-28)26-19(29)18-9-8-16(25-18)15-5-2-1-3-6-15/h1-3,5-6,8-9,17,25H,4,7,10-14H2,(H,26,29)(H,27,30)(H4,22,23,24). The highest BCUT2D eigenvalue weighted by atomic mass is 16.5. The third-order valence-corrected chi connectivity index (χ3v) is 4.86. The molecule has 1 aliphatic heterocycles. The van der Waals surface area contributed by atoms with Crippen molar-refractivity contribution < 1.29 is 14.3 Å². The van der Waals surface area contributed by atoms with E-state index in [0.29, 0.717) is 51.4 Å². The van der Waals surface area contributed by atoms with E-state index in [9.17, 15) is 9.59 Å². The summed E-state index contributed by atoms with van der Waals surface area (Å²) in [6, 6.07) is 12.5. The number of aliphatic imine (C=N–C) groups is 1. The maximum Gasteiger partial charge on any atom is 0.268 e. The average molecular weight is 428 g/mol. The molecule has 0 bridgehead atoms. The third-order valence-electron chi connectivity index (χ3n) is 4.86. The minimum absolute atomic E-state index is 0.00168. The van der Waals surface area contributed by atoms with E-state index in [0.717, 1.165) is 11.3 Å². The number of carbonyl (C=O) groups excluding carboxylic acids is 2. The van der Waals surface area contributed by atoms with Gasteiger partial charge in [0.05, 0.1) is 13.2 Å². The van der Waals surface area contributed by atoms with Crippen LogP contribution in [0.4, 0.5) is 0 Å². The lowest BCUT2D eigenvalue weighted by atomic mass is 10.1. The molecule has 0 aliphatic carbocycles. The van der Waals surface area contributed by atoms with Crippen molar-refractivity contribution in [3.05, 3.63) is 48.2 Å². The fraction of sp³-hybridized carbons (Fsp3) is 0.381. The van der Waals surface area contributed by atoms with Crippen molar-refractivity contribution in [1.82, 2.24) is 20.7 Å². The van der Waals surface area contributed by atoms with Gasteiger partial charge in [-0.25, -0.2) is 5.01 Å².